The Hall–Kier alpha value is -2.88. The third-order valence-corrected chi connectivity index (χ3v) is 15.6. The fourth-order valence-corrected chi connectivity index (χ4v) is 10.9. The van der Waals surface area contributed by atoms with Crippen LogP contribution in [0.5, 0.6) is 0 Å². The van der Waals surface area contributed by atoms with Crippen molar-refractivity contribution in [2.45, 2.75) is 217 Å². The van der Waals surface area contributed by atoms with Gasteiger partial charge in [-0.15, -0.1) is 0 Å². The van der Waals surface area contributed by atoms with Crippen LogP contribution in [0.15, 0.2) is 41.4 Å². The number of hydrogen-bond donors (Lipinski definition) is 8. The Morgan fingerprint density at radius 2 is 1.42 bits per heavy atom. The first-order chi connectivity index (χ1) is 34.7. The number of hydrogen-bond acceptors (Lipinski definition) is 18. The second-order valence-electron chi connectivity index (χ2n) is 19.8. The number of unbranched alkanes of at least 4 members (excludes halogenated alkanes) is 15. The molecule has 1 aromatic rings. The zero-order valence-electron chi connectivity index (χ0n) is 43.2. The molecule has 1 aromatic heterocycles. The van der Waals surface area contributed by atoms with Gasteiger partial charge < -0.3 is 55.3 Å². The van der Waals surface area contributed by atoms with Gasteiger partial charge in [0.05, 0.1) is 44.1 Å². The Balaban J connectivity index is 1.73. The molecule has 2 aliphatic rings. The first-order valence-corrected chi connectivity index (χ1v) is 29.5. The van der Waals surface area contributed by atoms with Crippen LogP contribution in [0.25, 0.3) is 0 Å². The van der Waals surface area contributed by atoms with E-state index in [-0.39, 0.29) is 18.7 Å². The molecule has 420 valence electrons. The van der Waals surface area contributed by atoms with Crippen LogP contribution in [-0.4, -0.2) is 119 Å². The highest BCUT2D eigenvalue weighted by Gasteiger charge is 2.45. The largest absolute Gasteiger partial charge is 0.481 e. The first-order valence-electron chi connectivity index (χ1n) is 26.5. The Morgan fingerprint density at radius 1 is 0.836 bits per heavy atom. The standard InChI is InChI=1S/C50H87N3O18P2/c1-4-5-18-24-37(54)28-29-39-41(55)32-42(56)40-25-21-22-27-46(58)69-38(33-66-45(57)26-20-17-15-13-11-9-7-6-8-10-12-14-16-19-23-36(2)3)34-67-72(62,63)71-73(64,65)68-35-43(48(60)47(39)59)70-49(40)53-31-30-44(51)52-50(53)61/h21-22,28-31,36-43,47-49,54-56,59-60H,4-20,23-27,32-35H2,1-3H3,(H,62,63)(H,64,65)(H2,51,52,61)/b22-21-,29-28?/t37-,38-,39+,40-,41-,42+,43-,47+,48-,49-/m1/s1. The lowest BCUT2D eigenvalue weighted by atomic mass is 9.82. The Morgan fingerprint density at radius 3 is 2.03 bits per heavy atom. The van der Waals surface area contributed by atoms with Crippen LogP contribution in [0.1, 0.15) is 175 Å². The van der Waals surface area contributed by atoms with Gasteiger partial charge in [-0.1, -0.05) is 154 Å². The SMILES string of the molecule is CCCCC[C@@H](O)C=C[C@@H]1[C@H](O)[C@H](O)[C@H]2COP(=O)(O)OP(=O)(O)OC[C@@H](COC(=O)CCCCCCCCCCCCCCCCC(C)C)OC(=O)C/C=C\C[C@@H]([C@H](n3ccc(N)nc3=O)O2)[C@@H](O)C[C@H]1O. The van der Waals surface area contributed by atoms with Crippen LogP contribution in [0.4, 0.5) is 5.82 Å². The second-order valence-corrected chi connectivity index (χ2v) is 22.9. The smallest absolute Gasteiger partial charge is 0.462 e. The van der Waals surface area contributed by atoms with E-state index in [1.165, 1.54) is 94.6 Å². The summed E-state index contributed by atoms with van der Waals surface area (Å²) >= 11 is 0. The minimum Gasteiger partial charge on any atom is -0.462 e. The highest BCUT2D eigenvalue weighted by molar-refractivity contribution is 7.61. The van der Waals surface area contributed by atoms with E-state index in [1.54, 1.807) is 0 Å². The number of aromatic nitrogens is 2. The number of phosphoric acid groups is 2. The van der Waals surface area contributed by atoms with Crippen LogP contribution in [0.2, 0.25) is 0 Å². The average molecular weight is 1080 g/mol. The molecule has 2 bridgehead atoms. The van der Waals surface area contributed by atoms with E-state index in [1.807, 2.05) is 6.92 Å². The number of nitrogens with zero attached hydrogens (tertiary/aromatic N) is 2. The molecule has 21 nitrogen and oxygen atoms in total. The van der Waals surface area contributed by atoms with Gasteiger partial charge in [0.25, 0.3) is 0 Å². The van der Waals surface area contributed by atoms with Crippen LogP contribution in [0.3, 0.4) is 0 Å². The number of aliphatic hydroxyl groups is 5. The number of carbonyl (C=O) groups excluding carboxylic acids is 2. The van der Waals surface area contributed by atoms with Gasteiger partial charge in [-0.25, -0.2) is 13.9 Å². The van der Waals surface area contributed by atoms with Crippen molar-refractivity contribution in [1.29, 1.82) is 0 Å². The first kappa shape index (κ1) is 64.4. The number of rotatable bonds is 26. The van der Waals surface area contributed by atoms with Gasteiger partial charge in [0.2, 0.25) is 0 Å². The maximum atomic E-state index is 13.3. The van der Waals surface area contributed by atoms with Gasteiger partial charge in [-0.3, -0.25) is 23.2 Å². The maximum absolute atomic E-state index is 13.3. The topological polar surface area (TPSA) is 326 Å². The minimum atomic E-state index is -5.69. The molecule has 0 radical (unpaired) electrons. The van der Waals surface area contributed by atoms with E-state index in [4.69, 9.17) is 29.0 Å². The number of fused-ring (bicyclic) bond motifs is 3. The molecule has 0 aliphatic carbocycles. The summed E-state index contributed by atoms with van der Waals surface area (Å²) in [7, 11) is -11.3. The number of aliphatic hydroxyl groups excluding tert-OH is 5. The highest BCUT2D eigenvalue weighted by Crippen LogP contribution is 2.60. The van der Waals surface area contributed by atoms with Crippen molar-refractivity contribution < 1.29 is 81.6 Å². The number of carbonyl (C=O) groups is 2. The fourth-order valence-electron chi connectivity index (χ4n) is 8.81. The summed E-state index contributed by atoms with van der Waals surface area (Å²) in [6.45, 7) is 3.77. The van der Waals surface area contributed by atoms with Gasteiger partial charge in [0, 0.05) is 30.9 Å². The van der Waals surface area contributed by atoms with Crippen molar-refractivity contribution >= 4 is 33.4 Å². The molecule has 12 atom stereocenters. The Kier molecular flexibility index (Phi) is 30.6. The summed E-state index contributed by atoms with van der Waals surface area (Å²) in [5, 5.41) is 57.3. The molecule has 0 aromatic carbocycles. The molecule has 73 heavy (non-hydrogen) atoms. The summed E-state index contributed by atoms with van der Waals surface area (Å²) in [4.78, 5) is 64.2. The number of anilines is 1. The van der Waals surface area contributed by atoms with E-state index in [2.05, 4.69) is 23.1 Å². The summed E-state index contributed by atoms with van der Waals surface area (Å²) in [6.07, 6.45) is 12.0. The highest BCUT2D eigenvalue weighted by atomic mass is 31.3. The van der Waals surface area contributed by atoms with Crippen molar-refractivity contribution in [3.05, 3.63) is 47.1 Å². The predicted molar refractivity (Wildman–Crippen MR) is 272 cm³/mol. The number of ether oxygens (including phenoxy) is 3. The van der Waals surface area contributed by atoms with Crippen LogP contribution < -0.4 is 11.4 Å². The Labute approximate surface area is 431 Å². The summed E-state index contributed by atoms with van der Waals surface area (Å²) < 4.78 is 58.6. The number of esters is 2. The number of nitrogens with two attached hydrogens (primary N) is 1. The molecule has 2 aliphatic heterocycles. The molecular weight excluding hydrogens is 993 g/mol. The summed E-state index contributed by atoms with van der Waals surface area (Å²) in [5.41, 5.74) is 4.74. The molecule has 0 saturated carbocycles. The molecule has 3 rings (SSSR count). The van der Waals surface area contributed by atoms with Crippen molar-refractivity contribution in [2.75, 3.05) is 25.6 Å². The predicted octanol–water partition coefficient (Wildman–Crippen LogP) is 7.24. The van der Waals surface area contributed by atoms with E-state index >= 15 is 0 Å². The lowest BCUT2D eigenvalue weighted by molar-refractivity contribution is -0.194. The van der Waals surface area contributed by atoms with Gasteiger partial charge in [0.15, 0.2) is 6.10 Å². The minimum absolute atomic E-state index is 0.0635. The van der Waals surface area contributed by atoms with E-state index in [9.17, 15) is 58.8 Å². The van der Waals surface area contributed by atoms with Crippen molar-refractivity contribution in [3.8, 4) is 0 Å². The van der Waals surface area contributed by atoms with Gasteiger partial charge in [-0.05, 0) is 31.2 Å². The maximum Gasteiger partial charge on any atom is 0.481 e. The Bertz CT molecular complexity index is 1960. The molecular formula is C50H87N3O18P2. The second kappa shape index (κ2) is 34.7. The molecule has 23 heteroatoms. The summed E-state index contributed by atoms with van der Waals surface area (Å²) in [5.74, 6) is -3.63. The molecule has 1 fully saturated rings. The lowest BCUT2D eigenvalue weighted by Crippen LogP contribution is -2.52. The van der Waals surface area contributed by atoms with Crippen molar-refractivity contribution in [1.82, 2.24) is 9.55 Å². The fraction of sp³-hybridized carbons (Fsp3) is 0.800. The van der Waals surface area contributed by atoms with E-state index in [0.717, 1.165) is 55.2 Å². The van der Waals surface area contributed by atoms with Crippen molar-refractivity contribution in [2.24, 2.45) is 17.8 Å². The monoisotopic (exact) mass is 1080 g/mol. The average Bonchev–Trinajstić information content (AvgIpc) is 3.31. The lowest BCUT2D eigenvalue weighted by Gasteiger charge is -2.40. The molecule has 0 amide bonds. The van der Waals surface area contributed by atoms with Crippen LogP contribution >= 0.6 is 15.6 Å². The normalized spacial score (nSPS) is 30.1. The zero-order valence-corrected chi connectivity index (χ0v) is 45.0. The molecule has 3 heterocycles. The number of allylic oxidation sites excluding steroid dienone is 1. The van der Waals surface area contributed by atoms with Gasteiger partial charge in [-0.2, -0.15) is 9.29 Å². The molecule has 2 unspecified atom stereocenters. The third-order valence-electron chi connectivity index (χ3n) is 13.0. The molecule has 9 N–H and O–H groups in total. The van der Waals surface area contributed by atoms with Crippen molar-refractivity contribution in [3.63, 3.8) is 0 Å². The van der Waals surface area contributed by atoms with Gasteiger partial charge >= 0.3 is 33.3 Å². The quantitative estimate of drug-likeness (QED) is 0.0196. The zero-order chi connectivity index (χ0) is 53.8. The van der Waals surface area contributed by atoms with Gasteiger partial charge in [0.1, 0.15) is 30.9 Å². The number of phosphoric ester groups is 2. The van der Waals surface area contributed by atoms with E-state index in [0.29, 0.717) is 19.3 Å². The third kappa shape index (κ3) is 26.2. The van der Waals surface area contributed by atoms with Crippen LogP contribution in [-0.2, 0) is 46.3 Å². The summed E-state index contributed by atoms with van der Waals surface area (Å²) in [6, 6.07) is 1.22. The number of nitrogen functional groups attached to an aromatic ring is 1. The van der Waals surface area contributed by atoms with E-state index < -0.39 is 127 Å². The number of cyclic esters (lactones) is 1. The molecule has 0 spiro atoms. The molecule has 1 saturated heterocycles. The van der Waals surface area contributed by atoms with Crippen LogP contribution in [0, 0.1) is 17.8 Å².